The number of hydrogen-bond acceptors (Lipinski definition) is 3. The van der Waals surface area contributed by atoms with E-state index in [1.54, 1.807) is 12.1 Å². The summed E-state index contributed by atoms with van der Waals surface area (Å²) in [6, 6.07) is 5.31. The minimum atomic E-state index is -0.347. The molecule has 0 unspecified atom stereocenters. The van der Waals surface area contributed by atoms with Crippen molar-refractivity contribution in [1.82, 2.24) is 0 Å². The minimum absolute atomic E-state index is 0.347. The van der Waals surface area contributed by atoms with Crippen LogP contribution in [0.1, 0.15) is 29.6 Å². The summed E-state index contributed by atoms with van der Waals surface area (Å²) >= 11 is 3.36. The standard InChI is InChI=1S/C13H15BrO3/c1-16-13(15)10-5-11(14)7-12(6-10)17-8-9-3-2-4-9/h5-7,9H,2-4,8H2,1H3. The molecule has 1 saturated carbocycles. The fourth-order valence-corrected chi connectivity index (χ4v) is 2.23. The summed E-state index contributed by atoms with van der Waals surface area (Å²) in [5, 5.41) is 0. The molecule has 0 saturated heterocycles. The second-order valence-corrected chi connectivity index (χ2v) is 5.19. The zero-order valence-corrected chi connectivity index (χ0v) is 11.3. The van der Waals surface area contributed by atoms with Crippen LogP contribution in [0, 0.1) is 5.92 Å². The van der Waals surface area contributed by atoms with Crippen LogP contribution in [0.3, 0.4) is 0 Å². The Morgan fingerprint density at radius 1 is 1.41 bits per heavy atom. The lowest BCUT2D eigenvalue weighted by Gasteiger charge is -2.25. The summed E-state index contributed by atoms with van der Waals surface area (Å²) in [5.41, 5.74) is 0.505. The molecule has 1 aliphatic rings. The van der Waals surface area contributed by atoms with Crippen molar-refractivity contribution in [2.45, 2.75) is 19.3 Å². The van der Waals surface area contributed by atoms with Gasteiger partial charge in [0.1, 0.15) is 5.75 Å². The highest BCUT2D eigenvalue weighted by Crippen LogP contribution is 2.28. The first-order valence-electron chi connectivity index (χ1n) is 5.71. The van der Waals surface area contributed by atoms with Crippen molar-refractivity contribution in [3.05, 3.63) is 28.2 Å². The number of benzene rings is 1. The maximum atomic E-state index is 11.4. The van der Waals surface area contributed by atoms with Crippen LogP contribution >= 0.6 is 15.9 Å². The van der Waals surface area contributed by atoms with Gasteiger partial charge in [0.15, 0.2) is 0 Å². The molecule has 0 amide bonds. The number of ether oxygens (including phenoxy) is 2. The van der Waals surface area contributed by atoms with E-state index >= 15 is 0 Å². The van der Waals surface area contributed by atoms with Gasteiger partial charge in [-0.25, -0.2) is 4.79 Å². The highest BCUT2D eigenvalue weighted by atomic mass is 79.9. The van der Waals surface area contributed by atoms with Crippen molar-refractivity contribution in [3.63, 3.8) is 0 Å². The van der Waals surface area contributed by atoms with Crippen LogP contribution in [-0.4, -0.2) is 19.7 Å². The molecule has 0 radical (unpaired) electrons. The van der Waals surface area contributed by atoms with Gasteiger partial charge in [-0.05, 0) is 37.0 Å². The molecule has 1 aromatic rings. The quantitative estimate of drug-likeness (QED) is 0.799. The van der Waals surface area contributed by atoms with Gasteiger partial charge in [0.25, 0.3) is 0 Å². The molecule has 4 heteroatoms. The van der Waals surface area contributed by atoms with Gasteiger partial charge in [-0.15, -0.1) is 0 Å². The van der Waals surface area contributed by atoms with Gasteiger partial charge in [0, 0.05) is 4.47 Å². The highest BCUT2D eigenvalue weighted by molar-refractivity contribution is 9.10. The van der Waals surface area contributed by atoms with E-state index in [9.17, 15) is 4.79 Å². The number of rotatable bonds is 4. The third kappa shape index (κ3) is 3.22. The Balaban J connectivity index is 2.04. The van der Waals surface area contributed by atoms with Crippen LogP contribution in [0.4, 0.5) is 0 Å². The Labute approximate surface area is 109 Å². The Morgan fingerprint density at radius 2 is 2.18 bits per heavy atom. The smallest absolute Gasteiger partial charge is 0.338 e. The Morgan fingerprint density at radius 3 is 2.76 bits per heavy atom. The van der Waals surface area contributed by atoms with E-state index in [1.165, 1.54) is 26.4 Å². The Hall–Kier alpha value is -1.03. The van der Waals surface area contributed by atoms with E-state index in [0.717, 1.165) is 11.1 Å². The third-order valence-electron chi connectivity index (χ3n) is 3.00. The average molecular weight is 299 g/mol. The van der Waals surface area contributed by atoms with Gasteiger partial charge in [0.2, 0.25) is 0 Å². The highest BCUT2D eigenvalue weighted by Gasteiger charge is 2.18. The van der Waals surface area contributed by atoms with E-state index in [2.05, 4.69) is 20.7 Å². The van der Waals surface area contributed by atoms with Gasteiger partial charge in [0.05, 0.1) is 19.3 Å². The fraction of sp³-hybridized carbons (Fsp3) is 0.462. The van der Waals surface area contributed by atoms with Crippen molar-refractivity contribution >= 4 is 21.9 Å². The topological polar surface area (TPSA) is 35.5 Å². The van der Waals surface area contributed by atoms with Crippen LogP contribution < -0.4 is 4.74 Å². The van der Waals surface area contributed by atoms with Crippen LogP contribution in [0.2, 0.25) is 0 Å². The van der Waals surface area contributed by atoms with Gasteiger partial charge in [-0.1, -0.05) is 22.4 Å². The number of hydrogen-bond donors (Lipinski definition) is 0. The molecule has 0 atom stereocenters. The molecule has 1 aliphatic carbocycles. The Bertz CT molecular complexity index is 413. The van der Waals surface area contributed by atoms with Crippen LogP contribution in [0.25, 0.3) is 0 Å². The first-order chi connectivity index (χ1) is 8.19. The number of halogens is 1. The summed E-state index contributed by atoms with van der Waals surface area (Å²) in [6.07, 6.45) is 3.80. The molecule has 0 spiro atoms. The first kappa shape index (κ1) is 12.4. The first-order valence-corrected chi connectivity index (χ1v) is 6.50. The molecule has 0 N–H and O–H groups in total. The predicted molar refractivity (Wildman–Crippen MR) is 68.3 cm³/mol. The average Bonchev–Trinajstić information content (AvgIpc) is 2.25. The number of methoxy groups -OCH3 is 1. The maximum Gasteiger partial charge on any atom is 0.338 e. The summed E-state index contributed by atoms with van der Waals surface area (Å²) in [4.78, 5) is 11.4. The summed E-state index contributed by atoms with van der Waals surface area (Å²) in [6.45, 7) is 0.733. The number of carbonyl (C=O) groups is 1. The van der Waals surface area contributed by atoms with Crippen LogP contribution in [-0.2, 0) is 4.74 Å². The van der Waals surface area contributed by atoms with Gasteiger partial charge in [-0.3, -0.25) is 0 Å². The number of carbonyl (C=O) groups excluding carboxylic acids is 1. The minimum Gasteiger partial charge on any atom is -0.493 e. The van der Waals surface area contributed by atoms with Gasteiger partial charge >= 0.3 is 5.97 Å². The normalized spacial score (nSPS) is 15.2. The zero-order valence-electron chi connectivity index (χ0n) is 9.74. The molecule has 2 rings (SSSR count). The zero-order chi connectivity index (χ0) is 12.3. The molecular formula is C13H15BrO3. The molecule has 0 aliphatic heterocycles. The fourth-order valence-electron chi connectivity index (χ4n) is 1.76. The molecular weight excluding hydrogens is 284 g/mol. The van der Waals surface area contributed by atoms with E-state index in [0.29, 0.717) is 17.2 Å². The van der Waals surface area contributed by atoms with Crippen molar-refractivity contribution < 1.29 is 14.3 Å². The van der Waals surface area contributed by atoms with Crippen molar-refractivity contribution in [2.75, 3.05) is 13.7 Å². The second-order valence-electron chi connectivity index (χ2n) is 4.28. The lowest BCUT2D eigenvalue weighted by atomic mass is 9.86. The molecule has 0 bridgehead atoms. The van der Waals surface area contributed by atoms with Crippen molar-refractivity contribution in [1.29, 1.82) is 0 Å². The lowest BCUT2D eigenvalue weighted by Crippen LogP contribution is -2.19. The van der Waals surface area contributed by atoms with E-state index in [-0.39, 0.29) is 5.97 Å². The van der Waals surface area contributed by atoms with E-state index < -0.39 is 0 Å². The molecule has 3 nitrogen and oxygen atoms in total. The predicted octanol–water partition coefficient (Wildman–Crippen LogP) is 3.41. The molecule has 0 heterocycles. The summed E-state index contributed by atoms with van der Waals surface area (Å²) < 4.78 is 11.2. The largest absolute Gasteiger partial charge is 0.493 e. The van der Waals surface area contributed by atoms with Crippen molar-refractivity contribution in [3.8, 4) is 5.75 Å². The van der Waals surface area contributed by atoms with Gasteiger partial charge < -0.3 is 9.47 Å². The molecule has 0 aromatic heterocycles. The summed E-state index contributed by atoms with van der Waals surface area (Å²) in [5.74, 6) is 1.04. The van der Waals surface area contributed by atoms with Crippen LogP contribution in [0.5, 0.6) is 5.75 Å². The maximum absolute atomic E-state index is 11.4. The number of esters is 1. The molecule has 92 valence electrons. The van der Waals surface area contributed by atoms with Crippen molar-refractivity contribution in [2.24, 2.45) is 5.92 Å². The lowest BCUT2D eigenvalue weighted by molar-refractivity contribution is 0.0600. The van der Waals surface area contributed by atoms with Crippen LogP contribution in [0.15, 0.2) is 22.7 Å². The van der Waals surface area contributed by atoms with E-state index in [1.807, 2.05) is 6.07 Å². The Kier molecular flexibility index (Phi) is 4.05. The third-order valence-corrected chi connectivity index (χ3v) is 3.46. The molecule has 1 aromatic carbocycles. The van der Waals surface area contributed by atoms with Gasteiger partial charge in [-0.2, -0.15) is 0 Å². The monoisotopic (exact) mass is 298 g/mol. The SMILES string of the molecule is COC(=O)c1cc(Br)cc(OCC2CCC2)c1. The second kappa shape index (κ2) is 5.54. The van der Waals surface area contributed by atoms with E-state index in [4.69, 9.17) is 4.74 Å². The summed E-state index contributed by atoms with van der Waals surface area (Å²) in [7, 11) is 1.37. The molecule has 17 heavy (non-hydrogen) atoms. The molecule has 1 fully saturated rings.